The van der Waals surface area contributed by atoms with Crippen LogP contribution in [0.2, 0.25) is 0 Å². The number of ether oxygens (including phenoxy) is 1. The van der Waals surface area contributed by atoms with E-state index in [1.54, 1.807) is 50.1 Å². The fraction of sp³-hybridized carbons (Fsp3) is 0.469. The SMILES string of the molecule is CC(C)OC(=O)C(=O)[C@H](Cc1ccccc1)C(=O)N[C@H]1CS[C@H](c2ccccc2)N1C(=O)[C@@H](NC(=O)N(C)CCN)C(C)C.Cl. The third kappa shape index (κ3) is 10.2. The lowest BCUT2D eigenvalue weighted by Gasteiger charge is -2.35. The first-order valence-corrected chi connectivity index (χ1v) is 15.8. The second-order valence-electron chi connectivity index (χ2n) is 11.3. The van der Waals surface area contributed by atoms with E-state index < -0.39 is 53.3 Å². The summed E-state index contributed by atoms with van der Waals surface area (Å²) in [5.74, 6) is -4.45. The van der Waals surface area contributed by atoms with E-state index in [1.165, 1.54) is 16.7 Å². The molecular formula is C32H44ClN5O6S. The van der Waals surface area contributed by atoms with Crippen molar-refractivity contribution in [2.24, 2.45) is 17.6 Å². The molecule has 246 valence electrons. The van der Waals surface area contributed by atoms with Gasteiger partial charge in [0.15, 0.2) is 0 Å². The summed E-state index contributed by atoms with van der Waals surface area (Å²) < 4.78 is 5.13. The summed E-state index contributed by atoms with van der Waals surface area (Å²) in [6, 6.07) is 17.0. The molecule has 4 N–H and O–H groups in total. The average molecular weight is 662 g/mol. The van der Waals surface area contributed by atoms with Crippen molar-refractivity contribution in [1.82, 2.24) is 20.4 Å². The predicted octanol–water partition coefficient (Wildman–Crippen LogP) is 3.13. The molecule has 0 aliphatic carbocycles. The number of rotatable bonds is 13. The maximum atomic E-state index is 14.3. The van der Waals surface area contributed by atoms with Crippen LogP contribution in [0.5, 0.6) is 0 Å². The Hall–Kier alpha value is -3.61. The maximum absolute atomic E-state index is 14.3. The van der Waals surface area contributed by atoms with E-state index in [-0.39, 0.29) is 37.2 Å². The molecule has 0 unspecified atom stereocenters. The highest BCUT2D eigenvalue weighted by atomic mass is 35.5. The molecule has 4 atom stereocenters. The minimum atomic E-state index is -1.37. The Morgan fingerprint density at radius 2 is 1.60 bits per heavy atom. The van der Waals surface area contributed by atoms with E-state index >= 15 is 0 Å². The second kappa shape index (κ2) is 17.8. The van der Waals surface area contributed by atoms with E-state index in [2.05, 4.69) is 10.6 Å². The van der Waals surface area contributed by atoms with Crippen LogP contribution in [0.3, 0.4) is 0 Å². The number of likely N-dealkylation sites (N-methyl/N-ethyl adjacent to an activating group) is 1. The normalized spacial score (nSPS) is 17.2. The van der Waals surface area contributed by atoms with E-state index in [4.69, 9.17) is 10.5 Å². The Morgan fingerprint density at radius 3 is 2.16 bits per heavy atom. The Kier molecular flexibility index (Phi) is 14.8. The molecule has 45 heavy (non-hydrogen) atoms. The maximum Gasteiger partial charge on any atom is 0.375 e. The lowest BCUT2D eigenvalue weighted by molar-refractivity contribution is -0.160. The van der Waals surface area contributed by atoms with E-state index in [0.29, 0.717) is 17.9 Å². The second-order valence-corrected chi connectivity index (χ2v) is 12.4. The molecule has 2 aromatic rings. The molecule has 2 aromatic carbocycles. The first-order chi connectivity index (χ1) is 20.9. The van der Waals surface area contributed by atoms with Gasteiger partial charge in [0.1, 0.15) is 23.5 Å². The standard InChI is InChI=1S/C32H43N5O6S.ClH/c1-20(2)26(35-32(42)36(5)17-16-33)29(40)37-25(19-44-30(37)23-14-10-7-11-15-23)34-28(39)24(18-22-12-8-6-9-13-22)27(38)31(41)43-21(3)4;/h6-15,20-21,24-26,30H,16-19,33H2,1-5H3,(H,34,39)(H,35,42);1H/t24-,25+,26-,30+;/m0./s1. The number of carbonyl (C=O) groups excluding carboxylic acids is 5. The van der Waals surface area contributed by atoms with Crippen LogP contribution in [0.15, 0.2) is 60.7 Å². The molecule has 4 amide bonds. The van der Waals surface area contributed by atoms with Crippen molar-refractivity contribution >= 4 is 53.8 Å². The molecule has 0 saturated carbocycles. The third-order valence-electron chi connectivity index (χ3n) is 7.13. The number of halogens is 1. The van der Waals surface area contributed by atoms with Crippen LogP contribution >= 0.6 is 24.2 Å². The summed E-state index contributed by atoms with van der Waals surface area (Å²) in [5.41, 5.74) is 7.14. The number of amides is 4. The summed E-state index contributed by atoms with van der Waals surface area (Å²) >= 11 is 1.46. The number of carbonyl (C=O) groups is 5. The number of hydrogen-bond acceptors (Lipinski definition) is 8. The topological polar surface area (TPSA) is 151 Å². The monoisotopic (exact) mass is 661 g/mol. The van der Waals surface area contributed by atoms with Gasteiger partial charge in [0.05, 0.1) is 6.10 Å². The highest BCUT2D eigenvalue weighted by Gasteiger charge is 2.44. The Bertz CT molecular complexity index is 1300. The van der Waals surface area contributed by atoms with Gasteiger partial charge >= 0.3 is 12.0 Å². The van der Waals surface area contributed by atoms with E-state index in [1.807, 2.05) is 50.2 Å². The number of hydrogen-bond donors (Lipinski definition) is 3. The first-order valence-electron chi connectivity index (χ1n) is 14.7. The van der Waals surface area contributed by atoms with Crippen molar-refractivity contribution in [3.8, 4) is 0 Å². The fourth-order valence-electron chi connectivity index (χ4n) is 4.81. The molecule has 0 radical (unpaired) electrons. The highest BCUT2D eigenvalue weighted by Crippen LogP contribution is 2.41. The van der Waals surface area contributed by atoms with Crippen LogP contribution < -0.4 is 16.4 Å². The number of benzene rings is 2. The number of ketones is 1. The zero-order valence-electron chi connectivity index (χ0n) is 26.3. The summed E-state index contributed by atoms with van der Waals surface area (Å²) in [5, 5.41) is 5.25. The zero-order valence-corrected chi connectivity index (χ0v) is 27.9. The Morgan fingerprint density at radius 1 is 1.00 bits per heavy atom. The quantitative estimate of drug-likeness (QED) is 0.168. The summed E-state index contributed by atoms with van der Waals surface area (Å²) in [6.07, 6.45) is -1.38. The number of thioether (sulfide) groups is 1. The number of nitrogens with two attached hydrogens (primary N) is 1. The molecule has 1 saturated heterocycles. The van der Waals surface area contributed by atoms with Crippen molar-refractivity contribution in [2.75, 3.05) is 25.9 Å². The molecule has 0 bridgehead atoms. The number of Topliss-reactive ketones (excluding diaryl/α,β-unsaturated/α-hetero) is 1. The van der Waals surface area contributed by atoms with Gasteiger partial charge in [-0.1, -0.05) is 74.5 Å². The van der Waals surface area contributed by atoms with Crippen molar-refractivity contribution in [1.29, 1.82) is 0 Å². The predicted molar refractivity (Wildman–Crippen MR) is 176 cm³/mol. The highest BCUT2D eigenvalue weighted by molar-refractivity contribution is 7.99. The molecule has 1 aliphatic rings. The van der Waals surface area contributed by atoms with Gasteiger partial charge in [0.25, 0.3) is 5.78 Å². The lowest BCUT2D eigenvalue weighted by Crippen LogP contribution is -2.59. The minimum Gasteiger partial charge on any atom is -0.457 e. The van der Waals surface area contributed by atoms with Gasteiger partial charge in [-0.15, -0.1) is 24.2 Å². The number of urea groups is 1. The van der Waals surface area contributed by atoms with Crippen LogP contribution in [-0.4, -0.2) is 83.6 Å². The van der Waals surface area contributed by atoms with Crippen LogP contribution in [0.4, 0.5) is 4.79 Å². The van der Waals surface area contributed by atoms with Crippen molar-refractivity contribution in [2.45, 2.75) is 57.8 Å². The van der Waals surface area contributed by atoms with Crippen LogP contribution in [0.25, 0.3) is 0 Å². The minimum absolute atomic E-state index is 0. The zero-order chi connectivity index (χ0) is 32.4. The average Bonchev–Trinajstić information content (AvgIpc) is 3.41. The van der Waals surface area contributed by atoms with Crippen molar-refractivity contribution in [3.05, 3.63) is 71.8 Å². The smallest absolute Gasteiger partial charge is 0.375 e. The largest absolute Gasteiger partial charge is 0.457 e. The summed E-state index contributed by atoms with van der Waals surface area (Å²) in [7, 11) is 1.60. The molecular weight excluding hydrogens is 618 g/mol. The van der Waals surface area contributed by atoms with E-state index in [9.17, 15) is 24.0 Å². The molecule has 1 fully saturated rings. The molecule has 1 aliphatic heterocycles. The van der Waals surface area contributed by atoms with Gasteiger partial charge < -0.3 is 30.9 Å². The molecule has 3 rings (SSSR count). The van der Waals surface area contributed by atoms with Gasteiger partial charge in [-0.2, -0.15) is 0 Å². The number of nitrogens with zero attached hydrogens (tertiary/aromatic N) is 2. The van der Waals surface area contributed by atoms with Crippen LogP contribution in [0.1, 0.15) is 44.2 Å². The Labute approximate surface area is 275 Å². The van der Waals surface area contributed by atoms with Gasteiger partial charge in [0, 0.05) is 25.9 Å². The van der Waals surface area contributed by atoms with Crippen molar-refractivity contribution in [3.63, 3.8) is 0 Å². The molecule has 0 spiro atoms. The first kappa shape index (κ1) is 37.6. The summed E-state index contributed by atoms with van der Waals surface area (Å²) in [4.78, 5) is 69.8. The third-order valence-corrected chi connectivity index (χ3v) is 8.45. The molecule has 1 heterocycles. The molecule has 13 heteroatoms. The molecule has 0 aromatic heterocycles. The van der Waals surface area contributed by atoms with Crippen molar-refractivity contribution < 1.29 is 28.7 Å². The van der Waals surface area contributed by atoms with Gasteiger partial charge in [-0.05, 0) is 37.3 Å². The summed E-state index contributed by atoms with van der Waals surface area (Å²) in [6.45, 7) is 7.48. The Balaban J connectivity index is 0.00000705. The van der Waals surface area contributed by atoms with Crippen LogP contribution in [-0.2, 0) is 30.3 Å². The lowest BCUT2D eigenvalue weighted by atomic mass is 9.94. The van der Waals surface area contributed by atoms with Gasteiger partial charge in [0.2, 0.25) is 11.8 Å². The van der Waals surface area contributed by atoms with E-state index in [0.717, 1.165) is 5.56 Å². The number of esters is 1. The fourth-order valence-corrected chi connectivity index (χ4v) is 6.18. The van der Waals surface area contributed by atoms with Gasteiger partial charge in [-0.3, -0.25) is 14.4 Å². The van der Waals surface area contributed by atoms with Gasteiger partial charge in [-0.25, -0.2) is 9.59 Å². The number of nitrogens with one attached hydrogen (secondary N) is 2. The molecule has 11 nitrogen and oxygen atoms in total. The van der Waals surface area contributed by atoms with Crippen LogP contribution in [0, 0.1) is 11.8 Å².